The van der Waals surface area contributed by atoms with Crippen LogP contribution in [-0.2, 0) is 26.1 Å². The van der Waals surface area contributed by atoms with Crippen molar-refractivity contribution >= 4 is 21.6 Å². The lowest BCUT2D eigenvalue weighted by Gasteiger charge is -2.27. The number of aryl methyl sites for hydroxylation is 1. The van der Waals surface area contributed by atoms with Crippen LogP contribution in [0.2, 0.25) is 0 Å². The molecule has 1 amide bonds. The van der Waals surface area contributed by atoms with E-state index in [-0.39, 0.29) is 10.8 Å². The van der Waals surface area contributed by atoms with Crippen LogP contribution < -0.4 is 14.8 Å². The van der Waals surface area contributed by atoms with Gasteiger partial charge in [-0.2, -0.15) is 4.31 Å². The summed E-state index contributed by atoms with van der Waals surface area (Å²) in [6.07, 6.45) is 0. The molecule has 1 heterocycles. The van der Waals surface area contributed by atoms with Crippen LogP contribution >= 0.6 is 0 Å². The molecule has 1 atom stereocenters. The molecule has 186 valence electrons. The molecule has 3 rings (SSSR count). The number of methoxy groups -OCH3 is 2. The van der Waals surface area contributed by atoms with Gasteiger partial charge in [-0.1, -0.05) is 12.1 Å². The number of hydrogen-bond acceptors (Lipinski definition) is 7. The van der Waals surface area contributed by atoms with E-state index in [4.69, 9.17) is 14.2 Å². The Balaban J connectivity index is 1.70. The molecule has 10 heteroatoms. The smallest absolute Gasteiger partial charge is 0.243 e. The van der Waals surface area contributed by atoms with E-state index in [1.165, 1.54) is 10.4 Å². The number of benzene rings is 2. The number of nitrogens with zero attached hydrogens (tertiary/aromatic N) is 2. The molecule has 34 heavy (non-hydrogen) atoms. The molecule has 1 aliphatic rings. The van der Waals surface area contributed by atoms with Crippen LogP contribution in [0.4, 0.5) is 5.69 Å². The Bertz CT molecular complexity index is 1120. The van der Waals surface area contributed by atoms with Gasteiger partial charge in [0.25, 0.3) is 0 Å². The molecule has 1 N–H and O–H groups in total. The van der Waals surface area contributed by atoms with Crippen molar-refractivity contribution in [2.24, 2.45) is 0 Å². The Kier molecular flexibility index (Phi) is 8.53. The summed E-state index contributed by atoms with van der Waals surface area (Å²) in [7, 11) is 1.34. The van der Waals surface area contributed by atoms with Crippen LogP contribution in [0.25, 0.3) is 0 Å². The Hall–Kier alpha value is -2.66. The molecule has 0 aliphatic carbocycles. The number of ether oxygens (including phenoxy) is 3. The van der Waals surface area contributed by atoms with Gasteiger partial charge in [0.05, 0.1) is 38.4 Å². The predicted molar refractivity (Wildman–Crippen MR) is 130 cm³/mol. The first-order chi connectivity index (χ1) is 16.2. The van der Waals surface area contributed by atoms with Crippen molar-refractivity contribution in [3.8, 4) is 11.5 Å². The van der Waals surface area contributed by atoms with Gasteiger partial charge in [0.15, 0.2) is 11.5 Å². The van der Waals surface area contributed by atoms with E-state index in [1.807, 2.05) is 30.1 Å². The lowest BCUT2D eigenvalue weighted by molar-refractivity contribution is -0.120. The molecule has 2 aromatic rings. The number of likely N-dealkylation sites (N-methyl/N-ethyl adjacent to an activating group) is 1. The van der Waals surface area contributed by atoms with E-state index in [2.05, 4.69) is 5.32 Å². The van der Waals surface area contributed by atoms with Gasteiger partial charge in [0.1, 0.15) is 0 Å². The van der Waals surface area contributed by atoms with Crippen molar-refractivity contribution < 1.29 is 27.4 Å². The maximum Gasteiger partial charge on any atom is 0.243 e. The van der Waals surface area contributed by atoms with Gasteiger partial charge in [-0.05, 0) is 56.3 Å². The summed E-state index contributed by atoms with van der Waals surface area (Å²) in [5, 5.41) is 2.86. The average Bonchev–Trinajstić information content (AvgIpc) is 2.84. The molecular weight excluding hydrogens is 458 g/mol. The number of rotatable bonds is 9. The number of morpholine rings is 1. The van der Waals surface area contributed by atoms with Crippen LogP contribution in [0.3, 0.4) is 0 Å². The third kappa shape index (κ3) is 5.87. The Morgan fingerprint density at radius 1 is 1.12 bits per heavy atom. The van der Waals surface area contributed by atoms with Crippen LogP contribution in [0.5, 0.6) is 11.5 Å². The molecule has 2 aromatic carbocycles. The summed E-state index contributed by atoms with van der Waals surface area (Å²) >= 11 is 0. The first kappa shape index (κ1) is 26.0. The third-order valence-corrected chi connectivity index (χ3v) is 8.00. The van der Waals surface area contributed by atoms with E-state index in [0.717, 1.165) is 5.56 Å². The number of anilines is 1. The zero-order chi connectivity index (χ0) is 24.9. The second kappa shape index (κ2) is 11.2. The first-order valence-corrected chi connectivity index (χ1v) is 12.5. The summed E-state index contributed by atoms with van der Waals surface area (Å²) < 4.78 is 43.6. The highest BCUT2D eigenvalue weighted by atomic mass is 32.2. The lowest BCUT2D eigenvalue weighted by Crippen LogP contribution is -2.41. The number of carbonyl (C=O) groups is 1. The zero-order valence-corrected chi connectivity index (χ0v) is 21.1. The first-order valence-electron chi connectivity index (χ1n) is 11.1. The number of carbonyl (C=O) groups excluding carboxylic acids is 1. The summed E-state index contributed by atoms with van der Waals surface area (Å²) in [5.74, 6) is 1.03. The normalized spacial score (nSPS) is 15.7. The maximum atomic E-state index is 13.1. The van der Waals surface area contributed by atoms with Crippen molar-refractivity contribution in [2.45, 2.75) is 31.3 Å². The van der Waals surface area contributed by atoms with Crippen molar-refractivity contribution in [2.75, 3.05) is 52.9 Å². The number of sulfonamides is 1. The van der Waals surface area contributed by atoms with Crippen LogP contribution in [-0.4, -0.2) is 77.1 Å². The Morgan fingerprint density at radius 3 is 2.44 bits per heavy atom. The van der Waals surface area contributed by atoms with E-state index >= 15 is 0 Å². The Morgan fingerprint density at radius 2 is 1.79 bits per heavy atom. The quantitative estimate of drug-likeness (QED) is 0.576. The molecule has 1 fully saturated rings. The van der Waals surface area contributed by atoms with Crippen molar-refractivity contribution in [3.05, 3.63) is 47.5 Å². The van der Waals surface area contributed by atoms with Crippen LogP contribution in [0, 0.1) is 6.92 Å². The fourth-order valence-electron chi connectivity index (χ4n) is 3.73. The van der Waals surface area contributed by atoms with E-state index in [9.17, 15) is 13.2 Å². The Labute approximate surface area is 201 Å². The highest BCUT2D eigenvalue weighted by Gasteiger charge is 2.28. The molecule has 0 saturated carbocycles. The van der Waals surface area contributed by atoms with Gasteiger partial charge in [0, 0.05) is 25.3 Å². The maximum absolute atomic E-state index is 13.1. The fraction of sp³-hybridized carbons (Fsp3) is 0.458. The van der Waals surface area contributed by atoms with Crippen molar-refractivity contribution in [3.63, 3.8) is 0 Å². The van der Waals surface area contributed by atoms with Gasteiger partial charge in [-0.3, -0.25) is 9.69 Å². The SMILES string of the molecule is COc1ccc(CN(C)C(C)C(=O)Nc2ccc(C)c(S(=O)(=O)N3CCOCC3)c2)cc1OC. The average molecular weight is 492 g/mol. The van der Waals surface area contributed by atoms with Gasteiger partial charge < -0.3 is 19.5 Å². The van der Waals surface area contributed by atoms with Crippen molar-refractivity contribution in [1.82, 2.24) is 9.21 Å². The standard InChI is InChI=1S/C24H33N3O6S/c1-17-6-8-20(15-23(17)34(29,30)27-10-12-33-13-11-27)25-24(28)18(2)26(3)16-19-7-9-21(31-4)22(14-19)32-5/h6-9,14-15,18H,10-13,16H2,1-5H3,(H,25,28). The van der Waals surface area contributed by atoms with Crippen molar-refractivity contribution in [1.29, 1.82) is 0 Å². The van der Waals surface area contributed by atoms with Crippen LogP contribution in [0.15, 0.2) is 41.3 Å². The molecule has 1 saturated heterocycles. The largest absolute Gasteiger partial charge is 0.493 e. The highest BCUT2D eigenvalue weighted by molar-refractivity contribution is 7.89. The fourth-order valence-corrected chi connectivity index (χ4v) is 5.39. The van der Waals surface area contributed by atoms with Gasteiger partial charge >= 0.3 is 0 Å². The number of amides is 1. The summed E-state index contributed by atoms with van der Waals surface area (Å²) in [6.45, 7) is 5.44. The molecule has 0 radical (unpaired) electrons. The molecule has 0 aromatic heterocycles. The van der Waals surface area contributed by atoms with E-state index in [0.29, 0.717) is 55.6 Å². The van der Waals surface area contributed by atoms with Gasteiger partial charge in [-0.25, -0.2) is 8.42 Å². The molecule has 0 bridgehead atoms. The second-order valence-electron chi connectivity index (χ2n) is 8.27. The molecule has 0 spiro atoms. The minimum Gasteiger partial charge on any atom is -0.493 e. The zero-order valence-electron chi connectivity index (χ0n) is 20.3. The van der Waals surface area contributed by atoms with E-state index in [1.54, 1.807) is 40.2 Å². The topological polar surface area (TPSA) is 97.4 Å². The monoisotopic (exact) mass is 491 g/mol. The number of hydrogen-bond donors (Lipinski definition) is 1. The summed E-state index contributed by atoms with van der Waals surface area (Å²) in [6, 6.07) is 10.1. The lowest BCUT2D eigenvalue weighted by atomic mass is 10.1. The van der Waals surface area contributed by atoms with Gasteiger partial charge in [-0.15, -0.1) is 0 Å². The number of nitrogens with one attached hydrogen (secondary N) is 1. The molecule has 1 unspecified atom stereocenters. The third-order valence-electron chi connectivity index (χ3n) is 5.96. The summed E-state index contributed by atoms with van der Waals surface area (Å²) in [4.78, 5) is 15.0. The minimum absolute atomic E-state index is 0.193. The van der Waals surface area contributed by atoms with E-state index < -0.39 is 16.1 Å². The molecular formula is C24H33N3O6S. The predicted octanol–water partition coefficient (Wildman–Crippen LogP) is 2.49. The second-order valence-corrected chi connectivity index (χ2v) is 10.2. The highest BCUT2D eigenvalue weighted by Crippen LogP contribution is 2.28. The van der Waals surface area contributed by atoms with Gasteiger partial charge in [0.2, 0.25) is 15.9 Å². The molecule has 1 aliphatic heterocycles. The minimum atomic E-state index is -3.67. The van der Waals surface area contributed by atoms with Crippen LogP contribution in [0.1, 0.15) is 18.1 Å². The summed E-state index contributed by atoms with van der Waals surface area (Å²) in [5.41, 5.74) is 2.03. The molecule has 9 nitrogen and oxygen atoms in total.